The zero-order valence-electron chi connectivity index (χ0n) is 9.51. The summed E-state index contributed by atoms with van der Waals surface area (Å²) in [6, 6.07) is 6.68. The second-order valence-corrected chi connectivity index (χ2v) is 4.67. The fourth-order valence-corrected chi connectivity index (χ4v) is 1.84. The molecule has 2 rings (SSSR count). The molecule has 94 valence electrons. The van der Waals surface area contributed by atoms with Gasteiger partial charge in [-0.2, -0.15) is 0 Å². The molecule has 0 atom stereocenters. The van der Waals surface area contributed by atoms with Gasteiger partial charge in [-0.05, 0) is 52.7 Å². The number of halogens is 3. The Labute approximate surface area is 112 Å². The molecular formula is C13H10BrF2NO. The molecule has 5 heteroatoms. The van der Waals surface area contributed by atoms with Crippen molar-refractivity contribution in [3.05, 3.63) is 52.0 Å². The molecule has 0 heterocycles. The average Bonchev–Trinajstić information content (AvgIpc) is 2.29. The van der Waals surface area contributed by atoms with Gasteiger partial charge >= 0.3 is 0 Å². The Balaban J connectivity index is 2.37. The summed E-state index contributed by atoms with van der Waals surface area (Å²) in [6.07, 6.45) is 0. The summed E-state index contributed by atoms with van der Waals surface area (Å²) >= 11 is 3.03. The van der Waals surface area contributed by atoms with E-state index in [-0.39, 0.29) is 16.0 Å². The van der Waals surface area contributed by atoms with Crippen LogP contribution in [-0.2, 0) is 0 Å². The minimum Gasteiger partial charge on any atom is -0.455 e. The van der Waals surface area contributed by atoms with Gasteiger partial charge < -0.3 is 10.5 Å². The van der Waals surface area contributed by atoms with E-state index in [9.17, 15) is 8.78 Å². The third kappa shape index (κ3) is 2.61. The van der Waals surface area contributed by atoms with E-state index in [4.69, 9.17) is 10.5 Å². The molecule has 2 nitrogen and oxygen atoms in total. The molecule has 0 aromatic heterocycles. The van der Waals surface area contributed by atoms with Crippen LogP contribution in [0.15, 0.2) is 34.8 Å². The molecule has 0 saturated carbocycles. The number of hydrogen-bond acceptors (Lipinski definition) is 2. The van der Waals surface area contributed by atoms with E-state index in [1.54, 1.807) is 6.92 Å². The number of aryl methyl sites for hydroxylation is 1. The van der Waals surface area contributed by atoms with Gasteiger partial charge in [-0.25, -0.2) is 8.78 Å². The predicted molar refractivity (Wildman–Crippen MR) is 69.7 cm³/mol. The fourth-order valence-electron chi connectivity index (χ4n) is 1.48. The predicted octanol–water partition coefficient (Wildman–Crippen LogP) is 4.41. The summed E-state index contributed by atoms with van der Waals surface area (Å²) in [4.78, 5) is 0. The van der Waals surface area contributed by atoms with E-state index in [0.29, 0.717) is 17.0 Å². The molecule has 2 aromatic rings. The molecule has 0 bridgehead atoms. The fraction of sp³-hybridized carbons (Fsp3) is 0.0769. The van der Waals surface area contributed by atoms with Crippen molar-refractivity contribution in [1.29, 1.82) is 0 Å². The maximum absolute atomic E-state index is 13.4. The van der Waals surface area contributed by atoms with Gasteiger partial charge in [0.25, 0.3) is 0 Å². The Hall–Kier alpha value is -1.62. The lowest BCUT2D eigenvalue weighted by Crippen LogP contribution is -1.95. The lowest BCUT2D eigenvalue weighted by atomic mass is 10.2. The highest BCUT2D eigenvalue weighted by Crippen LogP contribution is 2.33. The Morgan fingerprint density at radius 2 is 1.83 bits per heavy atom. The van der Waals surface area contributed by atoms with E-state index in [0.717, 1.165) is 0 Å². The highest BCUT2D eigenvalue weighted by Gasteiger charge is 2.09. The number of ether oxygens (including phenoxy) is 1. The largest absolute Gasteiger partial charge is 0.455 e. The van der Waals surface area contributed by atoms with Crippen LogP contribution in [0.5, 0.6) is 11.5 Å². The summed E-state index contributed by atoms with van der Waals surface area (Å²) in [7, 11) is 0. The summed E-state index contributed by atoms with van der Waals surface area (Å²) in [5.74, 6) is -0.191. The van der Waals surface area contributed by atoms with Crippen LogP contribution >= 0.6 is 15.9 Å². The molecule has 0 fully saturated rings. The maximum atomic E-state index is 13.4. The van der Waals surface area contributed by atoms with E-state index < -0.39 is 5.82 Å². The van der Waals surface area contributed by atoms with E-state index in [2.05, 4.69) is 15.9 Å². The molecule has 0 aliphatic carbocycles. The van der Waals surface area contributed by atoms with Crippen molar-refractivity contribution >= 4 is 21.6 Å². The summed E-state index contributed by atoms with van der Waals surface area (Å²) in [5.41, 5.74) is 6.63. The Morgan fingerprint density at radius 1 is 1.11 bits per heavy atom. The molecule has 2 N–H and O–H groups in total. The smallest absolute Gasteiger partial charge is 0.153 e. The van der Waals surface area contributed by atoms with Crippen LogP contribution in [0.1, 0.15) is 5.56 Å². The number of rotatable bonds is 2. The van der Waals surface area contributed by atoms with Gasteiger partial charge in [0.05, 0.1) is 10.2 Å². The first-order chi connectivity index (χ1) is 8.47. The number of nitrogen functional groups attached to an aromatic ring is 1. The SMILES string of the molecule is Cc1cc(F)ccc1Oc1cc(F)c(Br)cc1N. The third-order valence-electron chi connectivity index (χ3n) is 2.41. The summed E-state index contributed by atoms with van der Waals surface area (Å²) in [6.45, 7) is 1.70. The highest BCUT2D eigenvalue weighted by molar-refractivity contribution is 9.10. The van der Waals surface area contributed by atoms with Crippen molar-refractivity contribution in [2.45, 2.75) is 6.92 Å². The van der Waals surface area contributed by atoms with Gasteiger partial charge in [0.15, 0.2) is 5.75 Å². The van der Waals surface area contributed by atoms with Gasteiger partial charge in [-0.3, -0.25) is 0 Å². The number of anilines is 1. The van der Waals surface area contributed by atoms with Crippen molar-refractivity contribution in [1.82, 2.24) is 0 Å². The minimum absolute atomic E-state index is 0.199. The van der Waals surface area contributed by atoms with Crippen LogP contribution in [-0.4, -0.2) is 0 Å². The molecule has 0 saturated heterocycles. The summed E-state index contributed by atoms with van der Waals surface area (Å²) < 4.78 is 32.1. The zero-order chi connectivity index (χ0) is 13.3. The first-order valence-corrected chi connectivity index (χ1v) is 5.95. The first kappa shape index (κ1) is 12.8. The van der Waals surface area contributed by atoms with Crippen molar-refractivity contribution in [3.63, 3.8) is 0 Å². The van der Waals surface area contributed by atoms with Crippen molar-refractivity contribution < 1.29 is 13.5 Å². The molecule has 0 aliphatic rings. The van der Waals surface area contributed by atoms with E-state index in [1.165, 1.54) is 30.3 Å². The second kappa shape index (κ2) is 4.94. The standard InChI is InChI=1S/C13H10BrF2NO/c1-7-4-8(15)2-3-12(7)18-13-6-10(16)9(14)5-11(13)17/h2-6H,17H2,1H3. The lowest BCUT2D eigenvalue weighted by molar-refractivity contribution is 0.473. The van der Waals surface area contributed by atoms with Crippen LogP contribution in [0.25, 0.3) is 0 Å². The number of benzene rings is 2. The quantitative estimate of drug-likeness (QED) is 0.833. The maximum Gasteiger partial charge on any atom is 0.153 e. The van der Waals surface area contributed by atoms with Gasteiger partial charge in [0, 0.05) is 6.07 Å². The van der Waals surface area contributed by atoms with Crippen molar-refractivity contribution in [2.75, 3.05) is 5.73 Å². The first-order valence-electron chi connectivity index (χ1n) is 5.16. The molecule has 0 radical (unpaired) electrons. The van der Waals surface area contributed by atoms with Crippen LogP contribution in [0.3, 0.4) is 0 Å². The molecule has 2 aromatic carbocycles. The number of hydrogen-bond donors (Lipinski definition) is 1. The Kier molecular flexibility index (Phi) is 3.52. The third-order valence-corrected chi connectivity index (χ3v) is 3.02. The molecular weight excluding hydrogens is 304 g/mol. The molecule has 0 aliphatic heterocycles. The molecule has 18 heavy (non-hydrogen) atoms. The Bertz CT molecular complexity index is 602. The summed E-state index contributed by atoms with van der Waals surface area (Å²) in [5, 5.41) is 0. The molecule has 0 spiro atoms. The average molecular weight is 314 g/mol. The van der Waals surface area contributed by atoms with Crippen LogP contribution in [0.2, 0.25) is 0 Å². The van der Waals surface area contributed by atoms with Crippen molar-refractivity contribution in [2.24, 2.45) is 0 Å². The monoisotopic (exact) mass is 313 g/mol. The van der Waals surface area contributed by atoms with Gasteiger partial charge in [0.2, 0.25) is 0 Å². The zero-order valence-corrected chi connectivity index (χ0v) is 11.1. The molecule has 0 amide bonds. The van der Waals surface area contributed by atoms with Crippen LogP contribution in [0, 0.1) is 18.6 Å². The second-order valence-electron chi connectivity index (χ2n) is 3.82. The highest BCUT2D eigenvalue weighted by atomic mass is 79.9. The minimum atomic E-state index is -0.473. The van der Waals surface area contributed by atoms with Gasteiger partial charge in [-0.1, -0.05) is 0 Å². The van der Waals surface area contributed by atoms with E-state index in [1.807, 2.05) is 0 Å². The molecule has 0 unspecified atom stereocenters. The van der Waals surface area contributed by atoms with Crippen LogP contribution in [0.4, 0.5) is 14.5 Å². The number of nitrogens with two attached hydrogens (primary N) is 1. The van der Waals surface area contributed by atoms with E-state index >= 15 is 0 Å². The van der Waals surface area contributed by atoms with Crippen LogP contribution < -0.4 is 10.5 Å². The topological polar surface area (TPSA) is 35.2 Å². The van der Waals surface area contributed by atoms with Gasteiger partial charge in [-0.15, -0.1) is 0 Å². The van der Waals surface area contributed by atoms with Gasteiger partial charge in [0.1, 0.15) is 17.4 Å². The Morgan fingerprint density at radius 3 is 2.50 bits per heavy atom. The van der Waals surface area contributed by atoms with Crippen molar-refractivity contribution in [3.8, 4) is 11.5 Å². The lowest BCUT2D eigenvalue weighted by Gasteiger charge is -2.11. The normalized spacial score (nSPS) is 10.4.